The Hall–Kier alpha value is -2.26. The van der Waals surface area contributed by atoms with Crippen LogP contribution in [-0.2, 0) is 5.75 Å². The van der Waals surface area contributed by atoms with Gasteiger partial charge in [-0.1, -0.05) is 11.8 Å². The summed E-state index contributed by atoms with van der Waals surface area (Å²) in [5, 5.41) is 0.621. The number of fused-ring (bicyclic) bond motifs is 1. The standard InChI is InChI=1S/C17H16ClF2N3O3S/c1-9-13(21-7-14(24-2)15(9)25-3)8-27-16-22-11-5-4-10(6-12(11)23-16)26-17(18,19)20/h4-7H,8H2,1-3H3,(H,22,23). The van der Waals surface area contributed by atoms with Gasteiger partial charge < -0.3 is 19.2 Å². The van der Waals surface area contributed by atoms with Crippen LogP contribution in [0.2, 0.25) is 0 Å². The van der Waals surface area contributed by atoms with Crippen molar-refractivity contribution in [1.82, 2.24) is 15.0 Å². The summed E-state index contributed by atoms with van der Waals surface area (Å²) < 4.78 is 40.5. The molecular formula is C17H16ClF2N3O3S. The van der Waals surface area contributed by atoms with Gasteiger partial charge in [-0.3, -0.25) is 4.98 Å². The summed E-state index contributed by atoms with van der Waals surface area (Å²) in [4.78, 5) is 11.9. The number of pyridine rings is 1. The number of aromatic amines is 1. The molecule has 10 heteroatoms. The van der Waals surface area contributed by atoms with Gasteiger partial charge in [0.1, 0.15) is 5.75 Å². The molecule has 3 aromatic rings. The lowest BCUT2D eigenvalue weighted by Crippen LogP contribution is -2.15. The zero-order valence-corrected chi connectivity index (χ0v) is 16.3. The zero-order chi connectivity index (χ0) is 19.6. The van der Waals surface area contributed by atoms with Crippen LogP contribution in [0.25, 0.3) is 11.0 Å². The first-order valence-corrected chi connectivity index (χ1v) is 9.12. The van der Waals surface area contributed by atoms with Crippen LogP contribution in [-0.4, -0.2) is 34.7 Å². The SMILES string of the molecule is COc1cnc(CSc2nc3ccc(OC(F)(F)Cl)cc3[nH]2)c(C)c1OC. The summed E-state index contributed by atoms with van der Waals surface area (Å²) in [6, 6.07) is 4.38. The number of halogens is 3. The zero-order valence-electron chi connectivity index (χ0n) is 14.7. The number of thioether (sulfide) groups is 1. The van der Waals surface area contributed by atoms with E-state index in [0.29, 0.717) is 33.4 Å². The summed E-state index contributed by atoms with van der Waals surface area (Å²) in [6.45, 7) is 1.90. The quantitative estimate of drug-likeness (QED) is 0.444. The molecule has 3 rings (SSSR count). The number of alkyl halides is 3. The first-order valence-electron chi connectivity index (χ1n) is 7.75. The Morgan fingerprint density at radius 3 is 2.70 bits per heavy atom. The van der Waals surface area contributed by atoms with Crippen LogP contribution in [0.5, 0.6) is 17.2 Å². The maximum atomic E-state index is 12.8. The maximum absolute atomic E-state index is 12.8. The van der Waals surface area contributed by atoms with E-state index in [9.17, 15) is 8.78 Å². The highest BCUT2D eigenvalue weighted by atomic mass is 35.5. The van der Waals surface area contributed by atoms with Crippen LogP contribution in [0, 0.1) is 6.92 Å². The number of H-pyrrole nitrogens is 1. The molecule has 144 valence electrons. The van der Waals surface area contributed by atoms with Gasteiger partial charge in [-0.15, -0.1) is 8.78 Å². The first kappa shape index (κ1) is 19.5. The van der Waals surface area contributed by atoms with E-state index in [1.807, 2.05) is 6.92 Å². The van der Waals surface area contributed by atoms with Crippen LogP contribution in [0.3, 0.4) is 0 Å². The second-order valence-electron chi connectivity index (χ2n) is 5.49. The molecule has 0 unspecified atom stereocenters. The molecule has 0 aliphatic rings. The minimum Gasteiger partial charge on any atom is -0.492 e. The molecular weight excluding hydrogens is 400 g/mol. The number of methoxy groups -OCH3 is 2. The van der Waals surface area contributed by atoms with Crippen molar-refractivity contribution in [3.63, 3.8) is 0 Å². The number of aromatic nitrogens is 3. The van der Waals surface area contributed by atoms with E-state index >= 15 is 0 Å². The molecule has 0 radical (unpaired) electrons. The van der Waals surface area contributed by atoms with Gasteiger partial charge in [0.2, 0.25) is 0 Å². The molecule has 0 bridgehead atoms. The van der Waals surface area contributed by atoms with Crippen molar-refractivity contribution in [3.05, 3.63) is 35.7 Å². The first-order chi connectivity index (χ1) is 12.8. The summed E-state index contributed by atoms with van der Waals surface area (Å²) in [5.74, 6) is 1.68. The van der Waals surface area contributed by atoms with Crippen molar-refractivity contribution in [2.75, 3.05) is 14.2 Å². The predicted octanol–water partition coefficient (Wildman–Crippen LogP) is 4.74. The van der Waals surface area contributed by atoms with E-state index in [2.05, 4.69) is 19.7 Å². The average Bonchev–Trinajstić information content (AvgIpc) is 3.01. The number of nitrogens with zero attached hydrogens (tertiary/aromatic N) is 2. The van der Waals surface area contributed by atoms with Crippen molar-refractivity contribution < 1.29 is 23.0 Å². The molecule has 1 N–H and O–H groups in total. The number of rotatable bonds is 7. The number of hydrogen-bond acceptors (Lipinski definition) is 6. The molecule has 0 aliphatic carbocycles. The number of benzene rings is 1. The van der Waals surface area contributed by atoms with Gasteiger partial charge in [-0.05, 0) is 19.1 Å². The highest BCUT2D eigenvalue weighted by Crippen LogP contribution is 2.34. The molecule has 0 saturated heterocycles. The molecule has 0 fully saturated rings. The number of nitrogens with one attached hydrogen (secondary N) is 1. The van der Waals surface area contributed by atoms with Gasteiger partial charge in [0.05, 0.1) is 37.1 Å². The van der Waals surface area contributed by atoms with E-state index in [1.54, 1.807) is 26.5 Å². The smallest absolute Gasteiger partial charge is 0.487 e. The normalized spacial score (nSPS) is 11.6. The summed E-state index contributed by atoms with van der Waals surface area (Å²) in [5.41, 5.74) is -0.876. The molecule has 1 aromatic carbocycles. The van der Waals surface area contributed by atoms with Crippen LogP contribution >= 0.6 is 23.4 Å². The average molecular weight is 416 g/mol. The minimum atomic E-state index is -3.76. The monoisotopic (exact) mass is 415 g/mol. The highest BCUT2D eigenvalue weighted by Gasteiger charge is 2.27. The van der Waals surface area contributed by atoms with E-state index < -0.39 is 5.57 Å². The Kier molecular flexibility index (Phi) is 5.61. The third-order valence-corrected chi connectivity index (χ3v) is 4.73. The molecule has 0 aliphatic heterocycles. The predicted molar refractivity (Wildman–Crippen MR) is 99.2 cm³/mol. The fraction of sp³-hybridized carbons (Fsp3) is 0.294. The Bertz CT molecular complexity index is 962. The third kappa shape index (κ3) is 4.54. The van der Waals surface area contributed by atoms with Gasteiger partial charge >= 0.3 is 5.57 Å². The molecule has 2 heterocycles. The lowest BCUT2D eigenvalue weighted by Gasteiger charge is -2.12. The van der Waals surface area contributed by atoms with E-state index in [0.717, 1.165) is 11.3 Å². The van der Waals surface area contributed by atoms with Crippen molar-refractivity contribution in [2.24, 2.45) is 0 Å². The van der Waals surface area contributed by atoms with Gasteiger partial charge in [0.25, 0.3) is 0 Å². The molecule has 27 heavy (non-hydrogen) atoms. The largest absolute Gasteiger partial charge is 0.492 e. The van der Waals surface area contributed by atoms with Crippen LogP contribution in [0.15, 0.2) is 29.6 Å². The Morgan fingerprint density at radius 1 is 1.26 bits per heavy atom. The van der Waals surface area contributed by atoms with E-state index in [1.165, 1.54) is 23.9 Å². The van der Waals surface area contributed by atoms with E-state index in [-0.39, 0.29) is 5.75 Å². The molecule has 0 atom stereocenters. The Morgan fingerprint density at radius 2 is 2.04 bits per heavy atom. The Balaban J connectivity index is 1.77. The van der Waals surface area contributed by atoms with Crippen LogP contribution in [0.1, 0.15) is 11.3 Å². The highest BCUT2D eigenvalue weighted by molar-refractivity contribution is 7.98. The van der Waals surface area contributed by atoms with Crippen LogP contribution in [0.4, 0.5) is 8.78 Å². The van der Waals surface area contributed by atoms with Crippen molar-refractivity contribution >= 4 is 34.4 Å². The van der Waals surface area contributed by atoms with Crippen molar-refractivity contribution in [2.45, 2.75) is 23.4 Å². The third-order valence-electron chi connectivity index (χ3n) is 3.77. The maximum Gasteiger partial charge on any atom is 0.487 e. The van der Waals surface area contributed by atoms with Gasteiger partial charge in [-0.2, -0.15) is 0 Å². The fourth-order valence-corrected chi connectivity index (χ4v) is 3.52. The summed E-state index contributed by atoms with van der Waals surface area (Å²) in [6.07, 6.45) is 1.61. The topological polar surface area (TPSA) is 69.3 Å². The van der Waals surface area contributed by atoms with Crippen LogP contribution < -0.4 is 14.2 Å². The molecule has 0 spiro atoms. The molecule has 6 nitrogen and oxygen atoms in total. The van der Waals surface area contributed by atoms with Gasteiger partial charge in [0, 0.05) is 29.0 Å². The second kappa shape index (κ2) is 7.77. The number of ether oxygens (including phenoxy) is 3. The molecule has 2 aromatic heterocycles. The number of hydrogen-bond donors (Lipinski definition) is 1. The minimum absolute atomic E-state index is 0.0555. The van der Waals surface area contributed by atoms with Gasteiger partial charge in [-0.25, -0.2) is 4.98 Å². The molecule has 0 saturated carbocycles. The van der Waals surface area contributed by atoms with Crippen molar-refractivity contribution in [3.8, 4) is 17.2 Å². The lowest BCUT2D eigenvalue weighted by atomic mass is 10.2. The summed E-state index contributed by atoms with van der Waals surface area (Å²) >= 11 is 6.22. The Labute approximate surface area is 163 Å². The van der Waals surface area contributed by atoms with Crippen molar-refractivity contribution in [1.29, 1.82) is 0 Å². The fourth-order valence-electron chi connectivity index (χ4n) is 2.52. The second-order valence-corrected chi connectivity index (χ2v) is 6.89. The lowest BCUT2D eigenvalue weighted by molar-refractivity contribution is -0.0964. The molecule has 0 amide bonds. The summed E-state index contributed by atoms with van der Waals surface area (Å²) in [7, 11) is 3.13. The van der Waals surface area contributed by atoms with E-state index in [4.69, 9.17) is 21.1 Å². The van der Waals surface area contributed by atoms with Gasteiger partial charge in [0.15, 0.2) is 16.7 Å². The number of imidazole rings is 1.